The molecule has 4 heteroatoms. The molecule has 0 aliphatic rings. The number of hydrogen-bond donors (Lipinski definition) is 0. The number of ether oxygens (including phenoxy) is 1. The Kier molecular flexibility index (Phi) is 2.48. The predicted molar refractivity (Wildman–Crippen MR) is 63.6 cm³/mol. The van der Waals surface area contributed by atoms with Gasteiger partial charge in [0, 0.05) is 12.4 Å². The van der Waals surface area contributed by atoms with Gasteiger partial charge in [0.2, 0.25) is 0 Å². The number of aromatic nitrogens is 2. The van der Waals surface area contributed by atoms with Crippen molar-refractivity contribution in [3.8, 4) is 5.75 Å². The van der Waals surface area contributed by atoms with E-state index < -0.39 is 0 Å². The second kappa shape index (κ2) is 3.81. The third-order valence-electron chi connectivity index (χ3n) is 2.48. The van der Waals surface area contributed by atoms with Gasteiger partial charge in [-0.3, -0.25) is 4.79 Å². The van der Waals surface area contributed by atoms with Gasteiger partial charge in [0.25, 0.3) is 5.56 Å². The minimum absolute atomic E-state index is 0.139. The summed E-state index contributed by atoms with van der Waals surface area (Å²) in [6, 6.07) is 5.34. The van der Waals surface area contributed by atoms with Gasteiger partial charge in [-0.2, -0.15) is 5.10 Å². The zero-order valence-corrected chi connectivity index (χ0v) is 9.23. The number of rotatable bonds is 2. The Morgan fingerprint density at radius 3 is 2.81 bits per heavy atom. The lowest BCUT2D eigenvalue weighted by atomic mass is 10.1. The Bertz CT molecular complexity index is 614. The van der Waals surface area contributed by atoms with Crippen LogP contribution in [-0.2, 0) is 7.05 Å². The van der Waals surface area contributed by atoms with Crippen LogP contribution in [0.5, 0.6) is 5.75 Å². The zero-order chi connectivity index (χ0) is 11.7. The molecule has 0 aliphatic carbocycles. The fraction of sp³-hybridized carbons (Fsp3) is 0.167. The minimum atomic E-state index is -0.139. The van der Waals surface area contributed by atoms with Gasteiger partial charge in [0.05, 0.1) is 18.2 Å². The molecule has 82 valence electrons. The predicted octanol–water partition coefficient (Wildman–Crippen LogP) is 1.59. The first-order chi connectivity index (χ1) is 7.67. The summed E-state index contributed by atoms with van der Waals surface area (Å²) in [6.45, 7) is 3.69. The van der Waals surface area contributed by atoms with Crippen molar-refractivity contribution in [2.75, 3.05) is 7.11 Å². The van der Waals surface area contributed by atoms with Gasteiger partial charge in [-0.25, -0.2) is 4.68 Å². The molecular formula is C12H12N2O2. The molecule has 1 aromatic heterocycles. The van der Waals surface area contributed by atoms with Crippen molar-refractivity contribution in [3.63, 3.8) is 0 Å². The summed E-state index contributed by atoms with van der Waals surface area (Å²) in [7, 11) is 3.19. The summed E-state index contributed by atoms with van der Waals surface area (Å²) < 4.78 is 6.40. The van der Waals surface area contributed by atoms with Crippen LogP contribution in [0, 0.1) is 0 Å². The molecule has 0 atom stereocenters. The van der Waals surface area contributed by atoms with Crippen LogP contribution >= 0.6 is 0 Å². The molecule has 0 bridgehead atoms. The molecule has 0 amide bonds. The van der Waals surface area contributed by atoms with Crippen molar-refractivity contribution in [1.29, 1.82) is 0 Å². The van der Waals surface area contributed by atoms with Crippen molar-refractivity contribution < 1.29 is 4.74 Å². The van der Waals surface area contributed by atoms with Crippen molar-refractivity contribution in [1.82, 2.24) is 9.78 Å². The molecule has 0 N–H and O–H groups in total. The van der Waals surface area contributed by atoms with Gasteiger partial charge in [0.1, 0.15) is 5.75 Å². The molecule has 0 saturated carbocycles. The Morgan fingerprint density at radius 2 is 2.19 bits per heavy atom. The highest BCUT2D eigenvalue weighted by molar-refractivity contribution is 5.88. The number of nitrogens with zero attached hydrogens (tertiary/aromatic N) is 2. The standard InChI is InChI=1S/C12H12N2O2/c1-4-11-9-6-5-8(16-3)7-10(9)12(15)14(2)13-11/h4-7H,1H2,2-3H3. The van der Waals surface area contributed by atoms with E-state index in [1.807, 2.05) is 6.07 Å². The summed E-state index contributed by atoms with van der Waals surface area (Å²) >= 11 is 0. The van der Waals surface area contributed by atoms with Crippen LogP contribution in [0.2, 0.25) is 0 Å². The molecule has 0 radical (unpaired) electrons. The largest absolute Gasteiger partial charge is 0.497 e. The molecule has 0 unspecified atom stereocenters. The molecule has 0 aliphatic heterocycles. The number of hydrogen-bond acceptors (Lipinski definition) is 3. The van der Waals surface area contributed by atoms with E-state index in [1.165, 1.54) is 4.68 Å². The minimum Gasteiger partial charge on any atom is -0.497 e. The third-order valence-corrected chi connectivity index (χ3v) is 2.48. The fourth-order valence-electron chi connectivity index (χ4n) is 1.64. The maximum Gasteiger partial charge on any atom is 0.274 e. The SMILES string of the molecule is C=Cc1nn(C)c(=O)c2cc(OC)ccc12. The van der Waals surface area contributed by atoms with E-state index in [9.17, 15) is 4.79 Å². The molecule has 0 saturated heterocycles. The topological polar surface area (TPSA) is 44.1 Å². The van der Waals surface area contributed by atoms with Crippen LogP contribution in [0.3, 0.4) is 0 Å². The van der Waals surface area contributed by atoms with Crippen molar-refractivity contribution in [3.05, 3.63) is 40.8 Å². The second-order valence-corrected chi connectivity index (χ2v) is 3.43. The van der Waals surface area contributed by atoms with Crippen LogP contribution in [0.25, 0.3) is 16.8 Å². The molecule has 0 fully saturated rings. The monoisotopic (exact) mass is 216 g/mol. The Hall–Kier alpha value is -2.10. The lowest BCUT2D eigenvalue weighted by Gasteiger charge is -2.06. The number of aryl methyl sites for hydroxylation is 1. The maximum atomic E-state index is 11.9. The highest BCUT2D eigenvalue weighted by atomic mass is 16.5. The fourth-order valence-corrected chi connectivity index (χ4v) is 1.64. The van der Waals surface area contributed by atoms with Gasteiger partial charge in [-0.1, -0.05) is 6.58 Å². The second-order valence-electron chi connectivity index (χ2n) is 3.43. The Labute approximate surface area is 92.8 Å². The van der Waals surface area contributed by atoms with Gasteiger partial charge in [0.15, 0.2) is 0 Å². The summed E-state index contributed by atoms with van der Waals surface area (Å²) in [4.78, 5) is 11.9. The van der Waals surface area contributed by atoms with Gasteiger partial charge in [-0.15, -0.1) is 0 Å². The van der Waals surface area contributed by atoms with E-state index in [0.29, 0.717) is 16.8 Å². The summed E-state index contributed by atoms with van der Waals surface area (Å²) in [6.07, 6.45) is 1.63. The van der Waals surface area contributed by atoms with Crippen molar-refractivity contribution >= 4 is 16.8 Å². The van der Waals surface area contributed by atoms with Gasteiger partial charge >= 0.3 is 0 Å². The normalized spacial score (nSPS) is 10.4. The summed E-state index contributed by atoms with van der Waals surface area (Å²) in [5, 5.41) is 5.50. The molecule has 2 rings (SSSR count). The van der Waals surface area contributed by atoms with E-state index in [1.54, 1.807) is 32.4 Å². The average molecular weight is 216 g/mol. The van der Waals surface area contributed by atoms with Crippen LogP contribution in [-0.4, -0.2) is 16.9 Å². The molecule has 1 aromatic carbocycles. The van der Waals surface area contributed by atoms with Crippen LogP contribution in [0.4, 0.5) is 0 Å². The van der Waals surface area contributed by atoms with Crippen LogP contribution in [0.1, 0.15) is 5.69 Å². The molecular weight excluding hydrogens is 204 g/mol. The molecule has 2 aromatic rings. The van der Waals surface area contributed by atoms with E-state index in [-0.39, 0.29) is 5.56 Å². The smallest absolute Gasteiger partial charge is 0.274 e. The molecule has 16 heavy (non-hydrogen) atoms. The van der Waals surface area contributed by atoms with E-state index in [4.69, 9.17) is 4.74 Å². The average Bonchev–Trinajstić information content (AvgIpc) is 2.33. The Morgan fingerprint density at radius 1 is 1.44 bits per heavy atom. The van der Waals surface area contributed by atoms with Crippen LogP contribution < -0.4 is 10.3 Å². The lowest BCUT2D eigenvalue weighted by molar-refractivity contribution is 0.415. The van der Waals surface area contributed by atoms with Gasteiger partial charge < -0.3 is 4.74 Å². The van der Waals surface area contributed by atoms with Gasteiger partial charge in [-0.05, 0) is 24.3 Å². The summed E-state index contributed by atoms with van der Waals surface area (Å²) in [5.74, 6) is 0.658. The Balaban J connectivity index is 2.93. The first-order valence-electron chi connectivity index (χ1n) is 4.85. The van der Waals surface area contributed by atoms with E-state index in [2.05, 4.69) is 11.7 Å². The first-order valence-corrected chi connectivity index (χ1v) is 4.85. The highest BCUT2D eigenvalue weighted by Crippen LogP contribution is 2.20. The highest BCUT2D eigenvalue weighted by Gasteiger charge is 2.07. The number of benzene rings is 1. The molecule has 0 spiro atoms. The van der Waals surface area contributed by atoms with Crippen LogP contribution in [0.15, 0.2) is 29.6 Å². The zero-order valence-electron chi connectivity index (χ0n) is 9.23. The summed E-state index contributed by atoms with van der Waals surface area (Å²) in [5.41, 5.74) is 0.555. The van der Waals surface area contributed by atoms with Crippen molar-refractivity contribution in [2.24, 2.45) is 7.05 Å². The van der Waals surface area contributed by atoms with E-state index in [0.717, 1.165) is 5.39 Å². The third kappa shape index (κ3) is 1.48. The lowest BCUT2D eigenvalue weighted by Crippen LogP contribution is -2.20. The quantitative estimate of drug-likeness (QED) is 0.765. The van der Waals surface area contributed by atoms with Crippen molar-refractivity contribution in [2.45, 2.75) is 0 Å². The number of fused-ring (bicyclic) bond motifs is 1. The molecule has 1 heterocycles. The first kappa shape index (κ1) is 10.4. The maximum absolute atomic E-state index is 11.9. The number of methoxy groups -OCH3 is 1. The molecule has 4 nitrogen and oxygen atoms in total. The van der Waals surface area contributed by atoms with E-state index >= 15 is 0 Å².